The molecule has 6 nitrogen and oxygen atoms in total. The van der Waals surface area contributed by atoms with Crippen molar-refractivity contribution in [3.05, 3.63) is 23.8 Å². The zero-order chi connectivity index (χ0) is 19.5. The molecule has 0 spiro atoms. The van der Waals surface area contributed by atoms with E-state index in [0.717, 1.165) is 4.90 Å². The van der Waals surface area contributed by atoms with Crippen LogP contribution in [0.25, 0.3) is 0 Å². The van der Waals surface area contributed by atoms with Crippen molar-refractivity contribution in [2.75, 3.05) is 27.3 Å². The molecular weight excluding hydrogens is 355 g/mol. The highest BCUT2D eigenvalue weighted by Crippen LogP contribution is 2.38. The van der Waals surface area contributed by atoms with Gasteiger partial charge in [0.15, 0.2) is 0 Å². The van der Waals surface area contributed by atoms with Crippen molar-refractivity contribution in [1.29, 1.82) is 0 Å². The minimum atomic E-state index is -4.66. The third kappa shape index (κ3) is 4.39. The molecule has 0 bridgehead atoms. The Morgan fingerprint density at radius 3 is 2.42 bits per heavy atom. The van der Waals surface area contributed by atoms with Crippen molar-refractivity contribution in [1.82, 2.24) is 4.90 Å². The summed E-state index contributed by atoms with van der Waals surface area (Å²) in [5, 5.41) is 9.01. The number of likely N-dealkylation sites (tertiary alicyclic amines) is 1. The molecule has 1 fully saturated rings. The number of ether oxygens (including phenoxy) is 2. The summed E-state index contributed by atoms with van der Waals surface area (Å²) in [6.45, 7) is -1.07. The number of hydrogen-bond acceptors (Lipinski definition) is 4. The fourth-order valence-electron chi connectivity index (χ4n) is 3.07. The van der Waals surface area contributed by atoms with Crippen LogP contribution in [0.2, 0.25) is 0 Å². The summed E-state index contributed by atoms with van der Waals surface area (Å²) in [5.41, 5.74) is 0.682. The second kappa shape index (κ2) is 7.84. The lowest BCUT2D eigenvalue weighted by atomic mass is 9.96. The number of halogens is 3. The van der Waals surface area contributed by atoms with Gasteiger partial charge in [-0.3, -0.25) is 9.59 Å². The first-order valence-electron chi connectivity index (χ1n) is 7.95. The van der Waals surface area contributed by atoms with Crippen molar-refractivity contribution < 1.29 is 37.3 Å². The number of benzene rings is 1. The van der Waals surface area contributed by atoms with Crippen LogP contribution in [0.15, 0.2) is 18.2 Å². The zero-order valence-corrected chi connectivity index (χ0v) is 14.4. The normalized spacial score (nSPS) is 20.1. The van der Waals surface area contributed by atoms with Gasteiger partial charge < -0.3 is 19.5 Å². The second-order valence-electron chi connectivity index (χ2n) is 6.07. The predicted octanol–water partition coefficient (Wildman–Crippen LogP) is 2.36. The molecule has 1 aliphatic rings. The molecule has 0 radical (unpaired) electrons. The Hall–Kier alpha value is -2.45. The van der Waals surface area contributed by atoms with Gasteiger partial charge in [-0.2, -0.15) is 13.2 Å². The summed E-state index contributed by atoms with van der Waals surface area (Å²) in [6, 6.07) is 5.05. The van der Waals surface area contributed by atoms with E-state index in [9.17, 15) is 22.8 Å². The maximum Gasteiger partial charge on any atom is 0.394 e. The van der Waals surface area contributed by atoms with Gasteiger partial charge in [-0.25, -0.2) is 0 Å². The third-order valence-corrected chi connectivity index (χ3v) is 4.51. The van der Waals surface area contributed by atoms with Gasteiger partial charge in [0.25, 0.3) is 0 Å². The smallest absolute Gasteiger partial charge is 0.394 e. The van der Waals surface area contributed by atoms with Crippen LogP contribution < -0.4 is 9.47 Å². The highest BCUT2D eigenvalue weighted by molar-refractivity contribution is 5.79. The summed E-state index contributed by atoms with van der Waals surface area (Å²) >= 11 is 0. The molecule has 1 amide bonds. The van der Waals surface area contributed by atoms with Gasteiger partial charge in [-0.1, -0.05) is 0 Å². The lowest BCUT2D eigenvalue weighted by Crippen LogP contribution is -2.34. The third-order valence-electron chi connectivity index (χ3n) is 4.51. The lowest BCUT2D eigenvalue weighted by molar-refractivity contribution is -0.188. The Morgan fingerprint density at radius 1 is 1.23 bits per heavy atom. The first-order valence-corrected chi connectivity index (χ1v) is 7.95. The van der Waals surface area contributed by atoms with E-state index in [0.29, 0.717) is 17.1 Å². The SMILES string of the molecule is COc1ccc(OC)c(CCC(=O)N2C[C@@H](C(F)(F)F)[C@H](C(=O)O)C2)c1. The Kier molecular flexibility index (Phi) is 5.99. The standard InChI is InChI=1S/C17H20F3NO5/c1-25-11-4-5-14(26-2)10(7-11)3-6-15(22)21-8-12(16(23)24)13(9-21)17(18,19)20/h4-5,7,12-13H,3,6,8-9H2,1-2H3,(H,23,24)/t12-,13-/m1/s1. The molecule has 1 N–H and O–H groups in total. The molecule has 26 heavy (non-hydrogen) atoms. The summed E-state index contributed by atoms with van der Waals surface area (Å²) < 4.78 is 49.3. The minimum absolute atomic E-state index is 0.0551. The molecule has 2 rings (SSSR count). The fourth-order valence-corrected chi connectivity index (χ4v) is 3.07. The summed E-state index contributed by atoms with van der Waals surface area (Å²) in [4.78, 5) is 24.4. The average Bonchev–Trinajstić information content (AvgIpc) is 3.05. The maximum atomic E-state index is 13.0. The number of carbonyl (C=O) groups excluding carboxylic acids is 1. The van der Waals surface area contributed by atoms with Gasteiger partial charge in [0.2, 0.25) is 5.91 Å². The van der Waals surface area contributed by atoms with Crippen molar-refractivity contribution in [3.63, 3.8) is 0 Å². The van der Waals surface area contributed by atoms with Gasteiger partial charge in [-0.15, -0.1) is 0 Å². The van der Waals surface area contributed by atoms with E-state index >= 15 is 0 Å². The van der Waals surface area contributed by atoms with Crippen LogP contribution in [0.1, 0.15) is 12.0 Å². The van der Waals surface area contributed by atoms with Crippen LogP contribution in [0, 0.1) is 11.8 Å². The Morgan fingerprint density at radius 2 is 1.92 bits per heavy atom. The number of amides is 1. The Balaban J connectivity index is 2.06. The molecule has 0 unspecified atom stereocenters. The number of aryl methyl sites for hydroxylation is 1. The molecule has 144 valence electrons. The monoisotopic (exact) mass is 375 g/mol. The maximum absolute atomic E-state index is 13.0. The van der Waals surface area contributed by atoms with Crippen molar-refractivity contribution in [2.24, 2.45) is 11.8 Å². The first-order chi connectivity index (χ1) is 12.2. The number of methoxy groups -OCH3 is 2. The van der Waals surface area contributed by atoms with E-state index in [1.54, 1.807) is 18.2 Å². The van der Waals surface area contributed by atoms with Crippen LogP contribution >= 0.6 is 0 Å². The lowest BCUT2D eigenvalue weighted by Gasteiger charge is -2.18. The number of aliphatic carboxylic acids is 1. The van der Waals surface area contributed by atoms with E-state index in [1.165, 1.54) is 14.2 Å². The van der Waals surface area contributed by atoms with E-state index in [4.69, 9.17) is 14.6 Å². The van der Waals surface area contributed by atoms with Crippen LogP contribution in [0.5, 0.6) is 11.5 Å². The Labute approximate surface area is 148 Å². The summed E-state index contributed by atoms with van der Waals surface area (Å²) in [6.07, 6.45) is -4.47. The quantitative estimate of drug-likeness (QED) is 0.826. The van der Waals surface area contributed by atoms with E-state index < -0.39 is 43.0 Å². The zero-order valence-electron chi connectivity index (χ0n) is 14.4. The predicted molar refractivity (Wildman–Crippen MR) is 85.1 cm³/mol. The molecule has 0 aromatic heterocycles. The second-order valence-corrected chi connectivity index (χ2v) is 6.07. The topological polar surface area (TPSA) is 76.1 Å². The number of hydrogen-bond donors (Lipinski definition) is 1. The molecule has 0 aliphatic carbocycles. The van der Waals surface area contributed by atoms with Crippen molar-refractivity contribution in [2.45, 2.75) is 19.0 Å². The molecule has 0 saturated carbocycles. The first kappa shape index (κ1) is 19.9. The summed E-state index contributed by atoms with van der Waals surface area (Å²) in [7, 11) is 2.96. The van der Waals surface area contributed by atoms with E-state index in [-0.39, 0.29) is 12.8 Å². The molecule has 1 saturated heterocycles. The van der Waals surface area contributed by atoms with Crippen LogP contribution in [-0.2, 0) is 16.0 Å². The number of carboxylic acids is 1. The van der Waals surface area contributed by atoms with Crippen LogP contribution in [0.3, 0.4) is 0 Å². The average molecular weight is 375 g/mol. The van der Waals surface area contributed by atoms with Gasteiger partial charge in [0, 0.05) is 19.5 Å². The van der Waals surface area contributed by atoms with Crippen LogP contribution in [0.4, 0.5) is 13.2 Å². The number of rotatable bonds is 6. The minimum Gasteiger partial charge on any atom is -0.497 e. The molecule has 1 heterocycles. The number of nitrogens with zero attached hydrogens (tertiary/aromatic N) is 1. The molecule has 1 aliphatic heterocycles. The Bertz CT molecular complexity index is 677. The fraction of sp³-hybridized carbons (Fsp3) is 0.529. The van der Waals surface area contributed by atoms with Gasteiger partial charge in [-0.05, 0) is 30.2 Å². The highest BCUT2D eigenvalue weighted by atomic mass is 19.4. The van der Waals surface area contributed by atoms with Gasteiger partial charge >= 0.3 is 12.1 Å². The molecule has 1 aromatic carbocycles. The number of alkyl halides is 3. The van der Waals surface area contributed by atoms with Gasteiger partial charge in [0.1, 0.15) is 11.5 Å². The number of carbonyl (C=O) groups is 2. The molecule has 9 heteroatoms. The molecular formula is C17H20F3NO5. The van der Waals surface area contributed by atoms with E-state index in [2.05, 4.69) is 0 Å². The van der Waals surface area contributed by atoms with Crippen molar-refractivity contribution >= 4 is 11.9 Å². The van der Waals surface area contributed by atoms with Gasteiger partial charge in [0.05, 0.1) is 26.1 Å². The number of carboxylic acid groups (broad SMARTS) is 1. The van der Waals surface area contributed by atoms with Crippen LogP contribution in [-0.4, -0.2) is 55.4 Å². The molecule has 2 atom stereocenters. The largest absolute Gasteiger partial charge is 0.497 e. The van der Waals surface area contributed by atoms with Crippen molar-refractivity contribution in [3.8, 4) is 11.5 Å². The van der Waals surface area contributed by atoms with E-state index in [1.807, 2.05) is 0 Å². The summed E-state index contributed by atoms with van der Waals surface area (Å²) in [5.74, 6) is -4.64. The molecule has 1 aromatic rings. The highest BCUT2D eigenvalue weighted by Gasteiger charge is 2.53.